The molecule has 0 aliphatic carbocycles. The third-order valence-electron chi connectivity index (χ3n) is 2.82. The van der Waals surface area contributed by atoms with E-state index in [2.05, 4.69) is 0 Å². The molecular formula is C15H17NO3. The number of methoxy groups -OCH3 is 2. The maximum Gasteiger partial charge on any atom is 0.164 e. The van der Waals surface area contributed by atoms with Crippen LogP contribution in [0.15, 0.2) is 36.4 Å². The van der Waals surface area contributed by atoms with Gasteiger partial charge in [-0.15, -0.1) is 0 Å². The second kappa shape index (κ2) is 5.52. The number of nitrogen functional groups attached to an aromatic ring is 1. The number of hydrogen-bond donors (Lipinski definition) is 1. The van der Waals surface area contributed by atoms with Crippen molar-refractivity contribution in [2.24, 2.45) is 0 Å². The van der Waals surface area contributed by atoms with Crippen LogP contribution in [0.2, 0.25) is 0 Å². The number of nitrogens with two attached hydrogens (primary N) is 1. The second-order valence-corrected chi connectivity index (χ2v) is 4.11. The molecule has 4 heteroatoms. The lowest BCUT2D eigenvalue weighted by molar-refractivity contribution is 0.351. The lowest BCUT2D eigenvalue weighted by atomic mass is 10.2. The summed E-state index contributed by atoms with van der Waals surface area (Å²) in [5.41, 5.74) is 7.40. The summed E-state index contributed by atoms with van der Waals surface area (Å²) >= 11 is 0. The Morgan fingerprint density at radius 3 is 2.11 bits per heavy atom. The number of anilines is 1. The summed E-state index contributed by atoms with van der Waals surface area (Å²) in [6.45, 7) is 1.94. The summed E-state index contributed by atoms with van der Waals surface area (Å²) < 4.78 is 16.3. The number of ether oxygens (including phenoxy) is 3. The van der Waals surface area contributed by atoms with Crippen LogP contribution < -0.4 is 19.9 Å². The van der Waals surface area contributed by atoms with E-state index >= 15 is 0 Å². The first kappa shape index (κ1) is 13.1. The van der Waals surface area contributed by atoms with Crippen molar-refractivity contribution in [2.45, 2.75) is 6.92 Å². The van der Waals surface area contributed by atoms with Gasteiger partial charge in [-0.05, 0) is 30.7 Å². The summed E-state index contributed by atoms with van der Waals surface area (Å²) in [7, 11) is 3.20. The summed E-state index contributed by atoms with van der Waals surface area (Å²) in [6.07, 6.45) is 0. The third kappa shape index (κ3) is 2.73. The highest BCUT2D eigenvalue weighted by atomic mass is 16.5. The largest absolute Gasteiger partial charge is 0.493 e. The van der Waals surface area contributed by atoms with Crippen LogP contribution in [0.4, 0.5) is 5.69 Å². The van der Waals surface area contributed by atoms with Gasteiger partial charge in [0.15, 0.2) is 11.5 Å². The Morgan fingerprint density at radius 1 is 0.842 bits per heavy atom. The van der Waals surface area contributed by atoms with E-state index in [1.165, 1.54) is 0 Å². The first-order valence-corrected chi connectivity index (χ1v) is 5.90. The Hall–Kier alpha value is -2.36. The van der Waals surface area contributed by atoms with E-state index in [9.17, 15) is 0 Å². The Labute approximate surface area is 112 Å². The molecule has 4 nitrogen and oxygen atoms in total. The van der Waals surface area contributed by atoms with Crippen molar-refractivity contribution < 1.29 is 14.2 Å². The standard InChI is InChI=1S/C15H17NO3/c1-10-8-14(17-2)15(18-3)9-13(10)19-12-7-5-4-6-11(12)16/h4-9H,16H2,1-3H3. The number of benzene rings is 2. The molecule has 19 heavy (non-hydrogen) atoms. The molecule has 0 atom stereocenters. The molecule has 100 valence electrons. The van der Waals surface area contributed by atoms with Crippen LogP contribution in [-0.2, 0) is 0 Å². The van der Waals surface area contributed by atoms with Crippen molar-refractivity contribution in [2.75, 3.05) is 20.0 Å². The summed E-state index contributed by atoms with van der Waals surface area (Å²) in [5, 5.41) is 0. The molecule has 2 aromatic carbocycles. The van der Waals surface area contributed by atoms with Crippen LogP contribution in [0.25, 0.3) is 0 Å². The number of hydrogen-bond acceptors (Lipinski definition) is 4. The monoisotopic (exact) mass is 259 g/mol. The van der Waals surface area contributed by atoms with Gasteiger partial charge in [-0.1, -0.05) is 12.1 Å². The minimum absolute atomic E-state index is 0.594. The fraction of sp³-hybridized carbons (Fsp3) is 0.200. The molecule has 2 N–H and O–H groups in total. The lowest BCUT2D eigenvalue weighted by Crippen LogP contribution is -1.96. The van der Waals surface area contributed by atoms with Crippen molar-refractivity contribution in [1.82, 2.24) is 0 Å². The van der Waals surface area contributed by atoms with E-state index in [0.29, 0.717) is 28.7 Å². The summed E-state index contributed by atoms with van der Waals surface area (Å²) in [6, 6.07) is 11.0. The Kier molecular flexibility index (Phi) is 3.80. The molecular weight excluding hydrogens is 242 g/mol. The van der Waals surface area contributed by atoms with Crippen molar-refractivity contribution in [1.29, 1.82) is 0 Å². The number of para-hydroxylation sites is 2. The predicted octanol–water partition coefficient (Wildman–Crippen LogP) is 3.39. The maximum absolute atomic E-state index is 5.86. The van der Waals surface area contributed by atoms with Gasteiger partial charge in [0.2, 0.25) is 0 Å². The Morgan fingerprint density at radius 2 is 1.47 bits per heavy atom. The highest BCUT2D eigenvalue weighted by Crippen LogP contribution is 2.37. The number of aryl methyl sites for hydroxylation is 1. The zero-order valence-corrected chi connectivity index (χ0v) is 11.3. The summed E-state index contributed by atoms with van der Waals surface area (Å²) in [4.78, 5) is 0. The van der Waals surface area contributed by atoms with Gasteiger partial charge in [0.25, 0.3) is 0 Å². The predicted molar refractivity (Wildman–Crippen MR) is 75.2 cm³/mol. The SMILES string of the molecule is COc1cc(C)c(Oc2ccccc2N)cc1OC. The van der Waals surface area contributed by atoms with Gasteiger partial charge in [0.1, 0.15) is 11.5 Å². The molecule has 0 saturated heterocycles. The minimum atomic E-state index is 0.594. The molecule has 0 bridgehead atoms. The molecule has 0 unspecified atom stereocenters. The minimum Gasteiger partial charge on any atom is -0.493 e. The van der Waals surface area contributed by atoms with E-state index in [-0.39, 0.29) is 0 Å². The van der Waals surface area contributed by atoms with E-state index in [1.807, 2.05) is 31.2 Å². The van der Waals surface area contributed by atoms with Gasteiger partial charge in [-0.3, -0.25) is 0 Å². The smallest absolute Gasteiger partial charge is 0.164 e. The average Bonchev–Trinajstić information content (AvgIpc) is 2.42. The fourth-order valence-corrected chi connectivity index (χ4v) is 1.76. The van der Waals surface area contributed by atoms with Crippen molar-refractivity contribution in [3.8, 4) is 23.0 Å². The molecule has 0 radical (unpaired) electrons. The Bertz CT molecular complexity index is 582. The zero-order chi connectivity index (χ0) is 13.8. The molecule has 2 aromatic rings. The topological polar surface area (TPSA) is 53.7 Å². The maximum atomic E-state index is 5.86. The molecule has 0 aliphatic heterocycles. The Balaban J connectivity index is 2.38. The number of rotatable bonds is 4. The highest BCUT2D eigenvalue weighted by Gasteiger charge is 2.11. The van der Waals surface area contributed by atoms with Crippen molar-refractivity contribution in [3.05, 3.63) is 42.0 Å². The quantitative estimate of drug-likeness (QED) is 0.855. The average molecular weight is 259 g/mol. The first-order chi connectivity index (χ1) is 9.15. The molecule has 0 fully saturated rings. The van der Waals surface area contributed by atoms with Crippen LogP contribution in [0.1, 0.15) is 5.56 Å². The van der Waals surface area contributed by atoms with Gasteiger partial charge >= 0.3 is 0 Å². The molecule has 2 rings (SSSR count). The first-order valence-electron chi connectivity index (χ1n) is 5.90. The van der Waals surface area contributed by atoms with Gasteiger partial charge in [-0.25, -0.2) is 0 Å². The third-order valence-corrected chi connectivity index (χ3v) is 2.82. The van der Waals surface area contributed by atoms with Crippen LogP contribution in [0.5, 0.6) is 23.0 Å². The van der Waals surface area contributed by atoms with Crippen LogP contribution in [0, 0.1) is 6.92 Å². The van der Waals surface area contributed by atoms with E-state index < -0.39 is 0 Å². The molecule has 0 heterocycles. The lowest BCUT2D eigenvalue weighted by Gasteiger charge is -2.14. The fourth-order valence-electron chi connectivity index (χ4n) is 1.76. The van der Waals surface area contributed by atoms with E-state index in [1.54, 1.807) is 26.4 Å². The molecule has 0 aliphatic rings. The van der Waals surface area contributed by atoms with Gasteiger partial charge in [0, 0.05) is 6.07 Å². The van der Waals surface area contributed by atoms with E-state index in [4.69, 9.17) is 19.9 Å². The molecule has 0 spiro atoms. The van der Waals surface area contributed by atoms with Gasteiger partial charge < -0.3 is 19.9 Å². The molecule has 0 aromatic heterocycles. The van der Waals surface area contributed by atoms with Gasteiger partial charge in [-0.2, -0.15) is 0 Å². The van der Waals surface area contributed by atoms with E-state index in [0.717, 1.165) is 5.56 Å². The molecule has 0 saturated carbocycles. The van der Waals surface area contributed by atoms with Crippen LogP contribution >= 0.6 is 0 Å². The second-order valence-electron chi connectivity index (χ2n) is 4.11. The summed E-state index contributed by atoms with van der Waals surface area (Å²) in [5.74, 6) is 2.61. The van der Waals surface area contributed by atoms with Gasteiger partial charge in [0.05, 0.1) is 19.9 Å². The van der Waals surface area contributed by atoms with Crippen LogP contribution in [-0.4, -0.2) is 14.2 Å². The normalized spacial score (nSPS) is 10.1. The van der Waals surface area contributed by atoms with Crippen LogP contribution in [0.3, 0.4) is 0 Å². The molecule has 0 amide bonds. The zero-order valence-electron chi connectivity index (χ0n) is 11.3. The van der Waals surface area contributed by atoms with Crippen molar-refractivity contribution in [3.63, 3.8) is 0 Å². The highest BCUT2D eigenvalue weighted by molar-refractivity contribution is 5.56. The van der Waals surface area contributed by atoms with Crippen molar-refractivity contribution >= 4 is 5.69 Å².